The van der Waals surface area contributed by atoms with Gasteiger partial charge in [0.15, 0.2) is 5.11 Å². The van der Waals surface area contributed by atoms with Gasteiger partial charge in [-0.3, -0.25) is 24.6 Å². The van der Waals surface area contributed by atoms with Gasteiger partial charge in [0.25, 0.3) is 11.8 Å². The average Bonchev–Trinajstić information content (AvgIpc) is 3.08. The number of aromatic nitrogens is 1. The number of benzene rings is 2. The number of anilines is 1. The molecule has 1 aromatic heterocycles. The van der Waals surface area contributed by atoms with Crippen molar-refractivity contribution in [2.45, 2.75) is 19.9 Å². The summed E-state index contributed by atoms with van der Waals surface area (Å²) in [6.07, 6.45) is 4.10. The lowest BCUT2D eigenvalue weighted by molar-refractivity contribution is -0.122. The first-order valence-electron chi connectivity index (χ1n) is 9.75. The van der Waals surface area contributed by atoms with Crippen molar-refractivity contribution < 1.29 is 14.4 Å². The number of carbonyl (C=O) groups excluding carboxylic acids is 3. The van der Waals surface area contributed by atoms with Gasteiger partial charge in [0.2, 0.25) is 5.91 Å². The van der Waals surface area contributed by atoms with Crippen molar-refractivity contribution >= 4 is 57.7 Å². The summed E-state index contributed by atoms with van der Waals surface area (Å²) in [7, 11) is 0. The van der Waals surface area contributed by atoms with Crippen molar-refractivity contribution in [3.63, 3.8) is 0 Å². The van der Waals surface area contributed by atoms with Gasteiger partial charge in [-0.25, -0.2) is 0 Å². The van der Waals surface area contributed by atoms with Gasteiger partial charge in [-0.15, -0.1) is 0 Å². The Balaban J connectivity index is 1.78. The van der Waals surface area contributed by atoms with Crippen LogP contribution in [0.15, 0.2) is 60.3 Å². The summed E-state index contributed by atoms with van der Waals surface area (Å²) in [4.78, 5) is 38.6. The van der Waals surface area contributed by atoms with Crippen LogP contribution < -0.4 is 16.0 Å². The van der Waals surface area contributed by atoms with Crippen molar-refractivity contribution in [1.82, 2.24) is 9.88 Å². The maximum absolute atomic E-state index is 13.3. The van der Waals surface area contributed by atoms with Crippen molar-refractivity contribution in [3.05, 3.63) is 71.4 Å². The molecule has 2 aromatic carbocycles. The Hall–Kier alpha value is -3.78. The second kappa shape index (κ2) is 8.16. The third kappa shape index (κ3) is 3.85. The zero-order chi connectivity index (χ0) is 22.1. The van der Waals surface area contributed by atoms with Crippen LogP contribution in [0.2, 0.25) is 0 Å². The van der Waals surface area contributed by atoms with E-state index in [9.17, 15) is 14.4 Å². The van der Waals surface area contributed by atoms with Gasteiger partial charge >= 0.3 is 0 Å². The molecule has 0 saturated carbocycles. The van der Waals surface area contributed by atoms with Gasteiger partial charge in [-0.2, -0.15) is 0 Å². The molecule has 1 aliphatic heterocycles. The Bertz CT molecular complexity index is 1260. The highest BCUT2D eigenvalue weighted by Crippen LogP contribution is 2.27. The first kappa shape index (κ1) is 20.5. The summed E-state index contributed by atoms with van der Waals surface area (Å²) in [5.41, 5.74) is 8.42. The molecule has 0 radical (unpaired) electrons. The molecule has 0 unspecified atom stereocenters. The fraction of sp³-hybridized carbons (Fsp3) is 0.130. The van der Waals surface area contributed by atoms with Crippen LogP contribution in [-0.2, 0) is 27.3 Å². The molecule has 8 heteroatoms. The third-order valence-electron chi connectivity index (χ3n) is 5.15. The number of nitrogens with two attached hydrogens (primary N) is 1. The first-order chi connectivity index (χ1) is 14.9. The van der Waals surface area contributed by atoms with Crippen LogP contribution in [0, 0.1) is 0 Å². The van der Waals surface area contributed by atoms with E-state index >= 15 is 0 Å². The van der Waals surface area contributed by atoms with Gasteiger partial charge in [-0.1, -0.05) is 37.3 Å². The number of amides is 3. The Kier molecular flexibility index (Phi) is 5.39. The molecular weight excluding hydrogens is 412 g/mol. The standard InChI is InChI=1S/C23H20N4O3S/c1-2-14-7-9-16(10-8-14)27-22(30)18(21(29)25-23(27)31)11-15-12-26(13-20(24)28)19-6-4-3-5-17(15)19/h3-12H,2,13H2,1H3,(H2,24,28)(H,25,29,31). The van der Waals surface area contributed by atoms with E-state index in [2.05, 4.69) is 5.32 Å². The monoisotopic (exact) mass is 432 g/mol. The maximum atomic E-state index is 13.3. The topological polar surface area (TPSA) is 97.4 Å². The molecule has 0 bridgehead atoms. The fourth-order valence-corrected chi connectivity index (χ4v) is 3.90. The van der Waals surface area contributed by atoms with Gasteiger partial charge in [0, 0.05) is 22.7 Å². The van der Waals surface area contributed by atoms with Crippen LogP contribution in [0.5, 0.6) is 0 Å². The minimum atomic E-state index is -0.567. The van der Waals surface area contributed by atoms with E-state index < -0.39 is 17.7 Å². The lowest BCUT2D eigenvalue weighted by Gasteiger charge is -2.29. The number of hydrogen-bond acceptors (Lipinski definition) is 4. The van der Waals surface area contributed by atoms with E-state index in [1.807, 2.05) is 43.3 Å². The van der Waals surface area contributed by atoms with Crippen LogP contribution in [0.1, 0.15) is 18.1 Å². The predicted molar refractivity (Wildman–Crippen MR) is 123 cm³/mol. The molecule has 0 atom stereocenters. The van der Waals surface area contributed by atoms with E-state index in [4.69, 9.17) is 18.0 Å². The van der Waals surface area contributed by atoms with Gasteiger partial charge in [0.05, 0.1) is 5.69 Å². The van der Waals surface area contributed by atoms with E-state index in [1.165, 1.54) is 11.0 Å². The van der Waals surface area contributed by atoms with Crippen LogP contribution in [-0.4, -0.2) is 27.4 Å². The highest BCUT2D eigenvalue weighted by Gasteiger charge is 2.34. The van der Waals surface area contributed by atoms with E-state index in [0.717, 1.165) is 22.9 Å². The molecular formula is C23H20N4O3S. The van der Waals surface area contributed by atoms with Crippen LogP contribution in [0.3, 0.4) is 0 Å². The summed E-state index contributed by atoms with van der Waals surface area (Å²) in [6.45, 7) is 2.03. The van der Waals surface area contributed by atoms with Gasteiger partial charge < -0.3 is 10.3 Å². The molecule has 3 amide bonds. The Morgan fingerprint density at radius 1 is 1.13 bits per heavy atom. The lowest BCUT2D eigenvalue weighted by atomic mass is 10.1. The number of fused-ring (bicyclic) bond motifs is 1. The number of rotatable bonds is 5. The molecule has 2 heterocycles. The minimum Gasteiger partial charge on any atom is -0.368 e. The third-order valence-corrected chi connectivity index (χ3v) is 5.43. The molecule has 7 nitrogen and oxygen atoms in total. The number of nitrogens with one attached hydrogen (secondary N) is 1. The highest BCUT2D eigenvalue weighted by molar-refractivity contribution is 7.80. The molecule has 4 rings (SSSR count). The molecule has 1 aliphatic rings. The summed E-state index contributed by atoms with van der Waals surface area (Å²) in [6, 6.07) is 14.8. The SMILES string of the molecule is CCc1ccc(N2C(=O)C(=Cc3cn(CC(N)=O)c4ccccc34)C(=O)NC2=S)cc1. The van der Waals surface area contributed by atoms with Crippen molar-refractivity contribution in [2.24, 2.45) is 5.73 Å². The summed E-state index contributed by atoms with van der Waals surface area (Å²) in [5.74, 6) is -1.56. The molecule has 0 spiro atoms. The first-order valence-corrected chi connectivity index (χ1v) is 10.2. The van der Waals surface area contributed by atoms with Crippen molar-refractivity contribution in [3.8, 4) is 0 Å². The Morgan fingerprint density at radius 2 is 1.84 bits per heavy atom. The molecule has 3 N–H and O–H groups in total. The van der Waals surface area contributed by atoms with Crippen molar-refractivity contribution in [2.75, 3.05) is 4.90 Å². The largest absolute Gasteiger partial charge is 0.368 e. The summed E-state index contributed by atoms with van der Waals surface area (Å²) in [5, 5.41) is 3.42. The molecule has 31 heavy (non-hydrogen) atoms. The number of nitrogens with zero attached hydrogens (tertiary/aromatic N) is 2. The van der Waals surface area contributed by atoms with Crippen LogP contribution in [0.25, 0.3) is 17.0 Å². The zero-order valence-corrected chi connectivity index (χ0v) is 17.6. The number of hydrogen-bond donors (Lipinski definition) is 2. The number of primary amides is 1. The summed E-state index contributed by atoms with van der Waals surface area (Å²) < 4.78 is 1.70. The van der Waals surface area contributed by atoms with E-state index in [0.29, 0.717) is 11.3 Å². The van der Waals surface area contributed by atoms with Gasteiger partial charge in [-0.05, 0) is 48.5 Å². The minimum absolute atomic E-state index is 0.0101. The quantitative estimate of drug-likeness (QED) is 0.368. The zero-order valence-electron chi connectivity index (χ0n) is 16.8. The van der Waals surface area contributed by atoms with Gasteiger partial charge in [0.1, 0.15) is 12.1 Å². The Labute approximate surface area is 184 Å². The number of para-hydroxylation sites is 1. The molecule has 1 fully saturated rings. The summed E-state index contributed by atoms with van der Waals surface area (Å²) >= 11 is 5.26. The molecule has 0 aliphatic carbocycles. The van der Waals surface area contributed by atoms with Crippen molar-refractivity contribution in [1.29, 1.82) is 0 Å². The number of carbonyl (C=O) groups is 3. The van der Waals surface area contributed by atoms with Crippen LogP contribution >= 0.6 is 12.2 Å². The number of aryl methyl sites for hydroxylation is 1. The normalized spacial score (nSPS) is 15.6. The van der Waals surface area contributed by atoms with E-state index in [-0.39, 0.29) is 17.2 Å². The predicted octanol–water partition coefficient (Wildman–Crippen LogP) is 2.52. The van der Waals surface area contributed by atoms with Crippen LogP contribution in [0.4, 0.5) is 5.69 Å². The molecule has 1 saturated heterocycles. The average molecular weight is 433 g/mol. The number of thiocarbonyl (C=S) groups is 1. The molecule has 3 aromatic rings. The second-order valence-electron chi connectivity index (χ2n) is 7.17. The highest BCUT2D eigenvalue weighted by atomic mass is 32.1. The van der Waals surface area contributed by atoms with E-state index in [1.54, 1.807) is 22.9 Å². The lowest BCUT2D eigenvalue weighted by Crippen LogP contribution is -2.54. The maximum Gasteiger partial charge on any atom is 0.270 e. The smallest absolute Gasteiger partial charge is 0.270 e. The molecule has 156 valence electrons. The Morgan fingerprint density at radius 3 is 2.52 bits per heavy atom. The fourth-order valence-electron chi connectivity index (χ4n) is 3.62. The second-order valence-corrected chi connectivity index (χ2v) is 7.56.